The molecule has 0 saturated heterocycles. The van der Waals surface area contributed by atoms with Crippen LogP contribution in [0, 0.1) is 11.8 Å². The quantitative estimate of drug-likeness (QED) is 0.308. The Morgan fingerprint density at radius 3 is 2.40 bits per heavy atom. The molecule has 3 atom stereocenters. The second kappa shape index (κ2) is 12.6. The normalized spacial score (nSPS) is 19.1. The van der Waals surface area contributed by atoms with Crippen LogP contribution in [0.2, 0.25) is 0 Å². The van der Waals surface area contributed by atoms with E-state index in [0.29, 0.717) is 6.04 Å². The van der Waals surface area contributed by atoms with Crippen LogP contribution < -0.4 is 10.6 Å². The Labute approximate surface area is 186 Å². The fourth-order valence-corrected chi connectivity index (χ4v) is 5.24. The van der Waals surface area contributed by atoms with Crippen LogP contribution in [-0.4, -0.2) is 16.7 Å². The number of rotatable bonds is 13. The molecule has 2 rings (SSSR count). The molecule has 1 aliphatic rings. The summed E-state index contributed by atoms with van der Waals surface area (Å²) < 4.78 is 0. The van der Waals surface area contributed by atoms with Gasteiger partial charge in [-0.1, -0.05) is 72.3 Å². The first kappa shape index (κ1) is 25.0. The van der Waals surface area contributed by atoms with Crippen LogP contribution >= 0.6 is 0 Å². The molecular weight excluding hydrogens is 368 g/mol. The Morgan fingerprint density at radius 2 is 1.80 bits per heavy atom. The molecule has 1 aliphatic carbocycles. The van der Waals surface area contributed by atoms with Crippen molar-refractivity contribution in [1.29, 1.82) is 0 Å². The number of anilines is 2. The number of nitrogens with one attached hydrogen (secondary N) is 2. The Morgan fingerprint density at radius 1 is 1.07 bits per heavy atom. The van der Waals surface area contributed by atoms with E-state index >= 15 is 0 Å². The Balaban J connectivity index is 2.21. The first-order chi connectivity index (χ1) is 14.4. The highest BCUT2D eigenvalue weighted by Gasteiger charge is 2.28. The topological polar surface area (TPSA) is 44.3 Å². The highest BCUT2D eigenvalue weighted by atomic mass is 16.3. The monoisotopic (exact) mass is 416 g/mol. The summed E-state index contributed by atoms with van der Waals surface area (Å²) in [5.41, 5.74) is 3.45. The van der Waals surface area contributed by atoms with E-state index in [1.807, 2.05) is 0 Å². The molecule has 0 amide bonds. The molecule has 172 valence electrons. The zero-order valence-electron chi connectivity index (χ0n) is 20.4. The van der Waals surface area contributed by atoms with E-state index in [4.69, 9.17) is 0 Å². The van der Waals surface area contributed by atoms with Crippen LogP contribution in [0.25, 0.3) is 0 Å². The van der Waals surface area contributed by atoms with Gasteiger partial charge in [0.2, 0.25) is 0 Å². The van der Waals surface area contributed by atoms with Gasteiger partial charge in [-0.2, -0.15) is 0 Å². The minimum absolute atomic E-state index is 0.0899. The van der Waals surface area contributed by atoms with Crippen LogP contribution in [0.1, 0.15) is 111 Å². The fourth-order valence-electron chi connectivity index (χ4n) is 5.24. The van der Waals surface area contributed by atoms with E-state index in [0.717, 1.165) is 17.4 Å². The summed E-state index contributed by atoms with van der Waals surface area (Å²) in [7, 11) is 0. The van der Waals surface area contributed by atoms with Gasteiger partial charge in [0.1, 0.15) is 0 Å². The van der Waals surface area contributed by atoms with Gasteiger partial charge < -0.3 is 15.7 Å². The highest BCUT2D eigenvalue weighted by Crippen LogP contribution is 2.35. The van der Waals surface area contributed by atoms with E-state index in [2.05, 4.69) is 63.5 Å². The Kier molecular flexibility index (Phi) is 10.5. The van der Waals surface area contributed by atoms with Gasteiger partial charge in [-0.05, 0) is 68.6 Å². The van der Waals surface area contributed by atoms with E-state index < -0.39 is 0 Å². The van der Waals surface area contributed by atoms with Crippen molar-refractivity contribution in [3.63, 3.8) is 0 Å². The third kappa shape index (κ3) is 7.80. The van der Waals surface area contributed by atoms with Gasteiger partial charge in [0, 0.05) is 11.6 Å². The van der Waals surface area contributed by atoms with Gasteiger partial charge in [-0.3, -0.25) is 0 Å². The van der Waals surface area contributed by atoms with E-state index in [9.17, 15) is 5.11 Å². The van der Waals surface area contributed by atoms with Crippen LogP contribution in [0.4, 0.5) is 11.4 Å². The van der Waals surface area contributed by atoms with Crippen LogP contribution in [-0.2, 0) is 6.61 Å². The summed E-state index contributed by atoms with van der Waals surface area (Å²) in [5.74, 6) is 1.56. The van der Waals surface area contributed by atoms with Crippen molar-refractivity contribution in [2.45, 2.75) is 123 Å². The zero-order chi connectivity index (χ0) is 22.0. The molecular formula is C27H48N2O. The Bertz CT molecular complexity index is 611. The third-order valence-corrected chi connectivity index (χ3v) is 7.22. The lowest BCUT2D eigenvalue weighted by atomic mass is 9.79. The smallest absolute Gasteiger partial charge is 0.0682 e. The minimum Gasteiger partial charge on any atom is -0.392 e. The molecule has 0 spiro atoms. The molecule has 0 heterocycles. The molecule has 3 heteroatoms. The highest BCUT2D eigenvalue weighted by molar-refractivity contribution is 5.71. The van der Waals surface area contributed by atoms with Crippen molar-refractivity contribution in [3.05, 3.63) is 23.8 Å². The number of benzene rings is 1. The molecule has 30 heavy (non-hydrogen) atoms. The van der Waals surface area contributed by atoms with Crippen LogP contribution in [0.5, 0.6) is 0 Å². The van der Waals surface area contributed by atoms with Gasteiger partial charge in [-0.25, -0.2) is 0 Å². The summed E-state index contributed by atoms with van der Waals surface area (Å²) in [6.45, 7) is 11.9. The standard InChI is InChI=1S/C27H48N2O/c1-6-16-27(5,19-22(8-3)17-21(4)7-2)29-25-15-14-23(20-30)18-26(25)28-24-12-10-9-11-13-24/h14-15,18,21-22,24,28-30H,6-13,16-17,19-20H2,1-5H3. The second-order valence-corrected chi connectivity index (χ2v) is 10.2. The summed E-state index contributed by atoms with van der Waals surface area (Å²) in [6.07, 6.45) is 13.9. The number of aliphatic hydroxyl groups is 1. The Hall–Kier alpha value is -1.22. The maximum absolute atomic E-state index is 9.69. The van der Waals surface area contributed by atoms with Crippen molar-refractivity contribution >= 4 is 11.4 Å². The van der Waals surface area contributed by atoms with Gasteiger partial charge in [0.15, 0.2) is 0 Å². The van der Waals surface area contributed by atoms with Gasteiger partial charge >= 0.3 is 0 Å². The van der Waals surface area contributed by atoms with Crippen LogP contribution in [0.15, 0.2) is 18.2 Å². The summed E-state index contributed by atoms with van der Waals surface area (Å²) in [5, 5.41) is 17.5. The van der Waals surface area contributed by atoms with Crippen molar-refractivity contribution in [2.75, 3.05) is 10.6 Å². The van der Waals surface area contributed by atoms with Crippen molar-refractivity contribution in [3.8, 4) is 0 Å². The predicted molar refractivity (Wildman–Crippen MR) is 132 cm³/mol. The molecule has 3 unspecified atom stereocenters. The number of hydrogen-bond acceptors (Lipinski definition) is 3. The SMILES string of the molecule is CCCC(C)(CC(CC)CC(C)CC)Nc1ccc(CO)cc1NC1CCCCC1. The van der Waals surface area contributed by atoms with Gasteiger partial charge in [-0.15, -0.1) is 0 Å². The molecule has 0 aromatic heterocycles. The summed E-state index contributed by atoms with van der Waals surface area (Å²) >= 11 is 0. The molecule has 0 radical (unpaired) electrons. The van der Waals surface area contributed by atoms with Crippen LogP contribution in [0.3, 0.4) is 0 Å². The molecule has 0 aliphatic heterocycles. The first-order valence-corrected chi connectivity index (χ1v) is 12.7. The molecule has 0 bridgehead atoms. The number of hydrogen-bond donors (Lipinski definition) is 3. The van der Waals surface area contributed by atoms with Crippen molar-refractivity contribution in [2.24, 2.45) is 11.8 Å². The summed E-state index contributed by atoms with van der Waals surface area (Å²) in [4.78, 5) is 0. The van der Waals surface area contributed by atoms with Gasteiger partial charge in [0.25, 0.3) is 0 Å². The maximum atomic E-state index is 9.69. The molecule has 1 saturated carbocycles. The van der Waals surface area contributed by atoms with E-state index in [-0.39, 0.29) is 12.1 Å². The first-order valence-electron chi connectivity index (χ1n) is 12.7. The molecule has 3 nitrogen and oxygen atoms in total. The largest absolute Gasteiger partial charge is 0.392 e. The summed E-state index contributed by atoms with van der Waals surface area (Å²) in [6, 6.07) is 6.96. The lowest BCUT2D eigenvalue weighted by Crippen LogP contribution is -2.37. The molecule has 1 aromatic carbocycles. The third-order valence-electron chi connectivity index (χ3n) is 7.22. The predicted octanol–water partition coefficient (Wildman–Crippen LogP) is 7.75. The van der Waals surface area contributed by atoms with E-state index in [1.165, 1.54) is 82.0 Å². The maximum Gasteiger partial charge on any atom is 0.0682 e. The molecule has 1 fully saturated rings. The second-order valence-electron chi connectivity index (χ2n) is 10.2. The van der Waals surface area contributed by atoms with Gasteiger partial charge in [0.05, 0.1) is 18.0 Å². The fraction of sp³-hybridized carbons (Fsp3) is 0.778. The van der Waals surface area contributed by atoms with Crippen molar-refractivity contribution in [1.82, 2.24) is 0 Å². The average molecular weight is 417 g/mol. The average Bonchev–Trinajstić information content (AvgIpc) is 2.75. The van der Waals surface area contributed by atoms with Crippen molar-refractivity contribution < 1.29 is 5.11 Å². The lowest BCUT2D eigenvalue weighted by molar-refractivity contribution is 0.281. The number of aliphatic hydroxyl groups excluding tert-OH is 1. The zero-order valence-corrected chi connectivity index (χ0v) is 20.4. The lowest BCUT2D eigenvalue weighted by Gasteiger charge is -2.37. The minimum atomic E-state index is 0.0899. The molecule has 1 aromatic rings. The van der Waals surface area contributed by atoms with E-state index in [1.54, 1.807) is 0 Å². The molecule has 3 N–H and O–H groups in total.